The van der Waals surface area contributed by atoms with E-state index < -0.39 is 0 Å². The third kappa shape index (κ3) is 1.13. The van der Waals surface area contributed by atoms with E-state index in [2.05, 4.69) is 11.6 Å². The van der Waals surface area contributed by atoms with Gasteiger partial charge < -0.3 is 4.74 Å². The number of aliphatic imine (C=N–C) groups is 1. The van der Waals surface area contributed by atoms with Crippen LogP contribution in [0, 0.1) is 5.41 Å². The Kier molecular flexibility index (Phi) is 1.67. The van der Waals surface area contributed by atoms with Gasteiger partial charge in [0.2, 0.25) is 5.90 Å². The highest BCUT2D eigenvalue weighted by atomic mass is 16.5. The molecule has 0 aliphatic carbocycles. The van der Waals surface area contributed by atoms with Crippen molar-refractivity contribution < 1.29 is 4.74 Å². The number of nitrogens with zero attached hydrogens (tertiary/aromatic N) is 1. The number of methoxy groups -OCH3 is 1. The van der Waals surface area contributed by atoms with E-state index in [0.29, 0.717) is 17.3 Å². The zero-order chi connectivity index (χ0) is 7.56. The van der Waals surface area contributed by atoms with Gasteiger partial charge in [0.1, 0.15) is 0 Å². The van der Waals surface area contributed by atoms with Gasteiger partial charge in [-0.15, -0.1) is 0 Å². The van der Waals surface area contributed by atoms with Crippen LogP contribution in [0.15, 0.2) is 29.4 Å². The van der Waals surface area contributed by atoms with Gasteiger partial charge in [-0.2, -0.15) is 0 Å². The van der Waals surface area contributed by atoms with Crippen LogP contribution in [-0.2, 0) is 4.74 Å². The van der Waals surface area contributed by atoms with E-state index in [9.17, 15) is 0 Å². The van der Waals surface area contributed by atoms with Crippen LogP contribution in [-0.4, -0.2) is 18.7 Å². The van der Waals surface area contributed by atoms with E-state index in [4.69, 9.17) is 10.1 Å². The lowest BCUT2D eigenvalue weighted by Crippen LogP contribution is -2.07. The summed E-state index contributed by atoms with van der Waals surface area (Å²) < 4.78 is 4.82. The first-order valence-corrected chi connectivity index (χ1v) is 2.82. The van der Waals surface area contributed by atoms with Crippen molar-refractivity contribution in [2.75, 3.05) is 7.11 Å². The second-order valence-corrected chi connectivity index (χ2v) is 1.85. The van der Waals surface area contributed by atoms with Gasteiger partial charge in [0.25, 0.3) is 0 Å². The summed E-state index contributed by atoms with van der Waals surface area (Å²) in [7, 11) is 1.53. The summed E-state index contributed by atoms with van der Waals surface area (Å²) in [6.07, 6.45) is 3.24. The molecule has 0 aromatic carbocycles. The number of ether oxygens (including phenoxy) is 1. The standard InChI is InChI=1S/C7H8N2O/c1-5-6(8)3-4-7(9-5)10-2/h3-4,8H,1H2,2H3. The molecule has 1 N–H and O–H groups in total. The number of hydrogen-bond donors (Lipinski definition) is 1. The van der Waals surface area contributed by atoms with Crippen molar-refractivity contribution in [3.63, 3.8) is 0 Å². The predicted octanol–water partition coefficient (Wildman–Crippen LogP) is 1.13. The quantitative estimate of drug-likeness (QED) is 0.533. The fraction of sp³-hybridized carbons (Fsp3) is 0.143. The highest BCUT2D eigenvalue weighted by Gasteiger charge is 2.04. The van der Waals surface area contributed by atoms with Gasteiger partial charge in [-0.05, 0) is 6.08 Å². The third-order valence-corrected chi connectivity index (χ3v) is 1.16. The molecular weight excluding hydrogens is 128 g/mol. The van der Waals surface area contributed by atoms with Gasteiger partial charge in [0, 0.05) is 6.08 Å². The van der Waals surface area contributed by atoms with Crippen molar-refractivity contribution in [2.24, 2.45) is 4.99 Å². The fourth-order valence-corrected chi connectivity index (χ4v) is 0.595. The van der Waals surface area contributed by atoms with Crippen LogP contribution in [0.4, 0.5) is 0 Å². The number of nitrogens with one attached hydrogen (secondary N) is 1. The van der Waals surface area contributed by atoms with Crippen LogP contribution >= 0.6 is 0 Å². The third-order valence-electron chi connectivity index (χ3n) is 1.16. The van der Waals surface area contributed by atoms with Crippen molar-refractivity contribution in [3.05, 3.63) is 24.4 Å². The summed E-state index contributed by atoms with van der Waals surface area (Å²) in [5, 5.41) is 7.21. The monoisotopic (exact) mass is 136 g/mol. The minimum Gasteiger partial charge on any atom is -0.481 e. The van der Waals surface area contributed by atoms with Gasteiger partial charge in [-0.1, -0.05) is 6.58 Å². The Morgan fingerprint density at radius 1 is 1.60 bits per heavy atom. The van der Waals surface area contributed by atoms with Gasteiger partial charge in [0.05, 0.1) is 18.5 Å². The Balaban J connectivity index is 2.86. The molecule has 0 aromatic heterocycles. The maximum Gasteiger partial charge on any atom is 0.213 e. The van der Waals surface area contributed by atoms with Crippen LogP contribution in [0.5, 0.6) is 0 Å². The second-order valence-electron chi connectivity index (χ2n) is 1.85. The van der Waals surface area contributed by atoms with Crippen molar-refractivity contribution in [1.29, 1.82) is 5.41 Å². The minimum absolute atomic E-state index is 0.334. The largest absolute Gasteiger partial charge is 0.481 e. The lowest BCUT2D eigenvalue weighted by atomic mass is 10.2. The first kappa shape index (κ1) is 6.74. The molecule has 3 heteroatoms. The number of rotatable bonds is 0. The average molecular weight is 136 g/mol. The molecular formula is C7H8N2O. The lowest BCUT2D eigenvalue weighted by molar-refractivity contribution is 0.406. The Morgan fingerprint density at radius 2 is 2.30 bits per heavy atom. The van der Waals surface area contributed by atoms with Gasteiger partial charge >= 0.3 is 0 Å². The van der Waals surface area contributed by atoms with Gasteiger partial charge in [0.15, 0.2) is 0 Å². The maximum absolute atomic E-state index is 7.21. The van der Waals surface area contributed by atoms with Crippen LogP contribution in [0.1, 0.15) is 0 Å². The molecule has 0 unspecified atom stereocenters. The molecule has 0 aromatic rings. The molecule has 0 atom stereocenters. The summed E-state index contributed by atoms with van der Waals surface area (Å²) in [4.78, 5) is 3.87. The van der Waals surface area contributed by atoms with E-state index in [1.165, 1.54) is 7.11 Å². The molecule has 1 aliphatic heterocycles. The normalized spacial score (nSPS) is 17.1. The summed E-state index contributed by atoms with van der Waals surface area (Å²) in [5.41, 5.74) is 0.778. The average Bonchev–Trinajstić information content (AvgIpc) is 1.95. The summed E-state index contributed by atoms with van der Waals surface area (Å²) in [6.45, 7) is 3.55. The molecule has 1 aliphatic rings. The van der Waals surface area contributed by atoms with Crippen molar-refractivity contribution in [3.8, 4) is 0 Å². The highest BCUT2D eigenvalue weighted by Crippen LogP contribution is 2.04. The Morgan fingerprint density at radius 3 is 2.80 bits per heavy atom. The molecule has 52 valence electrons. The molecule has 0 saturated heterocycles. The smallest absolute Gasteiger partial charge is 0.213 e. The van der Waals surface area contributed by atoms with Crippen molar-refractivity contribution >= 4 is 11.6 Å². The van der Waals surface area contributed by atoms with Crippen LogP contribution in [0.2, 0.25) is 0 Å². The molecule has 0 bridgehead atoms. The molecule has 0 radical (unpaired) electrons. The molecule has 0 saturated carbocycles. The van der Waals surface area contributed by atoms with E-state index in [1.54, 1.807) is 12.2 Å². The van der Waals surface area contributed by atoms with E-state index in [1.807, 2.05) is 0 Å². The Labute approximate surface area is 59.2 Å². The molecule has 3 nitrogen and oxygen atoms in total. The predicted molar refractivity (Wildman–Crippen MR) is 40.5 cm³/mol. The van der Waals surface area contributed by atoms with Gasteiger partial charge in [-0.25, -0.2) is 4.99 Å². The number of hydrogen-bond acceptors (Lipinski definition) is 3. The Bertz CT molecular complexity index is 238. The molecule has 0 fully saturated rings. The first-order chi connectivity index (χ1) is 4.74. The SMILES string of the molecule is C=C1N=C(OC)C=CC1=N. The molecule has 10 heavy (non-hydrogen) atoms. The summed E-state index contributed by atoms with van der Waals surface area (Å²) in [6, 6.07) is 0. The molecule has 1 heterocycles. The van der Waals surface area contributed by atoms with Crippen molar-refractivity contribution in [2.45, 2.75) is 0 Å². The van der Waals surface area contributed by atoms with Crippen molar-refractivity contribution in [1.82, 2.24) is 0 Å². The minimum atomic E-state index is 0.334. The molecule has 0 spiro atoms. The number of dihydropyridines is 1. The number of allylic oxidation sites excluding steroid dienone is 1. The molecule has 0 amide bonds. The Hall–Kier alpha value is -1.38. The zero-order valence-corrected chi connectivity index (χ0v) is 5.72. The zero-order valence-electron chi connectivity index (χ0n) is 5.72. The maximum atomic E-state index is 7.21. The summed E-state index contributed by atoms with van der Waals surface area (Å²) >= 11 is 0. The highest BCUT2D eigenvalue weighted by molar-refractivity contribution is 6.13. The molecule has 1 rings (SSSR count). The fourth-order valence-electron chi connectivity index (χ4n) is 0.595. The summed E-state index contributed by atoms with van der Waals surface area (Å²) in [5.74, 6) is 0.501. The van der Waals surface area contributed by atoms with E-state index in [0.717, 1.165) is 0 Å². The topological polar surface area (TPSA) is 45.4 Å². The van der Waals surface area contributed by atoms with E-state index >= 15 is 0 Å². The van der Waals surface area contributed by atoms with Crippen LogP contribution in [0.25, 0.3) is 0 Å². The van der Waals surface area contributed by atoms with E-state index in [-0.39, 0.29) is 0 Å². The lowest BCUT2D eigenvalue weighted by Gasteiger charge is -2.05. The first-order valence-electron chi connectivity index (χ1n) is 2.82. The van der Waals surface area contributed by atoms with Crippen LogP contribution in [0.3, 0.4) is 0 Å². The van der Waals surface area contributed by atoms with Crippen LogP contribution < -0.4 is 0 Å². The second kappa shape index (κ2) is 2.47. The van der Waals surface area contributed by atoms with Gasteiger partial charge in [-0.3, -0.25) is 5.41 Å².